The summed E-state index contributed by atoms with van der Waals surface area (Å²) in [6.07, 6.45) is 0.213. The molecule has 0 saturated carbocycles. The summed E-state index contributed by atoms with van der Waals surface area (Å²) in [7, 11) is 1.30. The van der Waals surface area contributed by atoms with Crippen molar-refractivity contribution in [2.45, 2.75) is 18.9 Å². The van der Waals surface area contributed by atoms with E-state index < -0.39 is 11.5 Å². The van der Waals surface area contributed by atoms with Gasteiger partial charge in [-0.1, -0.05) is 0 Å². The number of amides is 1. The lowest BCUT2D eigenvalue weighted by Crippen LogP contribution is -2.61. The second-order valence-corrected chi connectivity index (χ2v) is 3.33. The lowest BCUT2D eigenvalue weighted by molar-refractivity contribution is -0.165. The first-order valence-electron chi connectivity index (χ1n) is 3.09. The van der Waals surface area contributed by atoms with Gasteiger partial charge in [-0.05, 0) is 6.92 Å². The summed E-state index contributed by atoms with van der Waals surface area (Å²) < 4.78 is 5.73. The lowest BCUT2D eigenvalue weighted by Gasteiger charge is -2.42. The van der Waals surface area contributed by atoms with Crippen LogP contribution in [0.5, 0.6) is 0 Å². The highest BCUT2D eigenvalue weighted by molar-refractivity contribution is 9.07. The summed E-state index contributed by atoms with van der Waals surface area (Å²) in [5.41, 5.74) is -0.800. The van der Waals surface area contributed by atoms with Crippen LogP contribution >= 0.6 is 16.1 Å². The quantitative estimate of drug-likeness (QED) is 0.368. The third-order valence-corrected chi connectivity index (χ3v) is 2.95. The molecule has 0 radical (unpaired) electrons. The third kappa shape index (κ3) is 1.03. The molecule has 1 rings (SSSR count). The number of ether oxygens (including phenoxy) is 1. The highest BCUT2D eigenvalue weighted by atomic mass is 79.9. The number of halogens is 1. The van der Waals surface area contributed by atoms with Crippen LogP contribution in [0.25, 0.3) is 0 Å². The minimum atomic E-state index is -0.800. The van der Waals surface area contributed by atoms with Crippen LogP contribution in [0.1, 0.15) is 13.3 Å². The molecule has 0 aromatic carbocycles. The van der Waals surface area contributed by atoms with Crippen LogP contribution in [0.4, 0.5) is 0 Å². The monoisotopic (exact) mass is 221 g/mol. The van der Waals surface area contributed by atoms with Crippen LogP contribution in [-0.4, -0.2) is 28.5 Å². The smallest absolute Gasteiger partial charge is 0.332 e. The molecule has 1 fully saturated rings. The molecule has 0 N–H and O–H groups in total. The Labute approximate surface area is 72.8 Å². The molecule has 4 nitrogen and oxygen atoms in total. The Morgan fingerprint density at radius 1 is 1.82 bits per heavy atom. The first-order chi connectivity index (χ1) is 5.02. The molecule has 1 amide bonds. The summed E-state index contributed by atoms with van der Waals surface area (Å²) in [6.45, 7) is 1.65. The summed E-state index contributed by atoms with van der Waals surface area (Å²) in [5, 5.41) is 0. The van der Waals surface area contributed by atoms with Crippen LogP contribution in [-0.2, 0) is 14.3 Å². The number of β-lactam (4-membered cyclic amide) rings is 1. The minimum Gasteiger partial charge on any atom is -0.467 e. The second-order valence-electron chi connectivity index (χ2n) is 2.62. The zero-order valence-electron chi connectivity index (χ0n) is 6.26. The second kappa shape index (κ2) is 2.48. The van der Waals surface area contributed by atoms with E-state index in [1.54, 1.807) is 6.92 Å². The van der Waals surface area contributed by atoms with E-state index in [0.717, 1.165) is 0 Å². The van der Waals surface area contributed by atoms with Crippen molar-refractivity contribution in [2.24, 2.45) is 0 Å². The Morgan fingerprint density at radius 2 is 2.36 bits per heavy atom. The molecule has 1 unspecified atom stereocenters. The van der Waals surface area contributed by atoms with Gasteiger partial charge >= 0.3 is 5.97 Å². The van der Waals surface area contributed by atoms with Crippen molar-refractivity contribution >= 4 is 28.0 Å². The predicted octanol–water partition coefficient (Wildman–Crippen LogP) is 0.460. The lowest BCUT2D eigenvalue weighted by atomic mass is 9.90. The molecule has 1 atom stereocenters. The number of hydrogen-bond donors (Lipinski definition) is 0. The molecule has 1 aliphatic rings. The van der Waals surface area contributed by atoms with E-state index in [1.807, 2.05) is 0 Å². The van der Waals surface area contributed by atoms with Crippen molar-refractivity contribution in [3.63, 3.8) is 0 Å². The highest BCUT2D eigenvalue weighted by Gasteiger charge is 2.53. The Hall–Kier alpha value is -0.580. The van der Waals surface area contributed by atoms with Gasteiger partial charge in [-0.25, -0.2) is 4.79 Å². The van der Waals surface area contributed by atoms with Gasteiger partial charge in [-0.2, -0.15) is 0 Å². The van der Waals surface area contributed by atoms with E-state index >= 15 is 0 Å². The number of carbonyl (C=O) groups is 2. The number of methoxy groups -OCH3 is 1. The maximum atomic E-state index is 11.0. The first-order valence-corrected chi connectivity index (χ1v) is 3.80. The largest absolute Gasteiger partial charge is 0.467 e. The van der Waals surface area contributed by atoms with E-state index in [0.29, 0.717) is 0 Å². The fourth-order valence-electron chi connectivity index (χ4n) is 0.989. The predicted molar refractivity (Wildman–Crippen MR) is 40.8 cm³/mol. The summed E-state index contributed by atoms with van der Waals surface area (Å²) in [4.78, 5) is 21.8. The van der Waals surface area contributed by atoms with Gasteiger partial charge in [0.05, 0.1) is 29.7 Å². The van der Waals surface area contributed by atoms with Crippen molar-refractivity contribution in [1.82, 2.24) is 3.93 Å². The molecule has 62 valence electrons. The van der Waals surface area contributed by atoms with Gasteiger partial charge in [-0.3, -0.25) is 8.72 Å². The maximum absolute atomic E-state index is 11.0. The van der Waals surface area contributed by atoms with Crippen molar-refractivity contribution in [2.75, 3.05) is 7.11 Å². The highest BCUT2D eigenvalue weighted by Crippen LogP contribution is 2.35. The number of esters is 1. The van der Waals surface area contributed by atoms with Gasteiger partial charge in [0.15, 0.2) is 5.54 Å². The fraction of sp³-hybridized carbons (Fsp3) is 0.667. The zero-order valence-corrected chi connectivity index (χ0v) is 7.84. The maximum Gasteiger partial charge on any atom is 0.332 e. The van der Waals surface area contributed by atoms with Gasteiger partial charge in [0.1, 0.15) is 0 Å². The molecule has 0 aromatic heterocycles. The molecule has 0 spiro atoms. The van der Waals surface area contributed by atoms with Gasteiger partial charge in [0.25, 0.3) is 0 Å². The van der Waals surface area contributed by atoms with E-state index in [9.17, 15) is 9.59 Å². The van der Waals surface area contributed by atoms with E-state index in [-0.39, 0.29) is 12.3 Å². The molecular formula is C6H8BrNO3. The Balaban J connectivity index is 2.72. The van der Waals surface area contributed by atoms with Gasteiger partial charge in [-0.15, -0.1) is 0 Å². The van der Waals surface area contributed by atoms with Crippen molar-refractivity contribution in [1.29, 1.82) is 0 Å². The van der Waals surface area contributed by atoms with Crippen molar-refractivity contribution in [3.05, 3.63) is 0 Å². The Bertz CT molecular complexity index is 218. The molecule has 0 bridgehead atoms. The molecule has 0 aliphatic carbocycles. The molecule has 5 heteroatoms. The van der Waals surface area contributed by atoms with Crippen molar-refractivity contribution in [3.8, 4) is 0 Å². The van der Waals surface area contributed by atoms with E-state index in [1.165, 1.54) is 11.0 Å². The molecule has 11 heavy (non-hydrogen) atoms. The SMILES string of the molecule is COC(=O)C1(C)CC(=O)N1Br. The summed E-state index contributed by atoms with van der Waals surface area (Å²) in [6, 6.07) is 0. The average Bonchev–Trinajstić information content (AvgIpc) is 2.02. The molecule has 1 heterocycles. The Kier molecular flexibility index (Phi) is 1.92. The fourth-order valence-corrected chi connectivity index (χ4v) is 1.38. The van der Waals surface area contributed by atoms with E-state index in [4.69, 9.17) is 0 Å². The number of hydrogen-bond acceptors (Lipinski definition) is 3. The molecule has 1 aliphatic heterocycles. The first kappa shape index (κ1) is 8.52. The minimum absolute atomic E-state index is 0.0992. The van der Waals surface area contributed by atoms with Crippen LogP contribution < -0.4 is 0 Å². The topological polar surface area (TPSA) is 46.6 Å². The van der Waals surface area contributed by atoms with Crippen LogP contribution in [0.2, 0.25) is 0 Å². The molecule has 0 aromatic rings. The molecular weight excluding hydrogens is 214 g/mol. The third-order valence-electron chi connectivity index (χ3n) is 1.77. The normalized spacial score (nSPS) is 29.7. The van der Waals surface area contributed by atoms with Crippen molar-refractivity contribution < 1.29 is 14.3 Å². The zero-order chi connectivity index (χ0) is 8.65. The summed E-state index contributed by atoms with van der Waals surface area (Å²) >= 11 is 2.97. The Morgan fingerprint density at radius 3 is 2.64 bits per heavy atom. The van der Waals surface area contributed by atoms with Crippen LogP contribution in [0, 0.1) is 0 Å². The van der Waals surface area contributed by atoms with E-state index in [2.05, 4.69) is 20.9 Å². The summed E-state index contributed by atoms with van der Waals surface area (Å²) in [5.74, 6) is -0.494. The van der Waals surface area contributed by atoms with Crippen LogP contribution in [0.15, 0.2) is 0 Å². The average molecular weight is 222 g/mol. The molecule has 1 saturated heterocycles. The van der Waals surface area contributed by atoms with Gasteiger partial charge in [0.2, 0.25) is 5.91 Å². The number of nitrogens with zero attached hydrogens (tertiary/aromatic N) is 1. The van der Waals surface area contributed by atoms with Crippen LogP contribution in [0.3, 0.4) is 0 Å². The number of rotatable bonds is 1. The number of carbonyl (C=O) groups excluding carboxylic acids is 2. The van der Waals surface area contributed by atoms with Gasteiger partial charge < -0.3 is 4.74 Å². The van der Waals surface area contributed by atoms with Gasteiger partial charge in [0, 0.05) is 0 Å². The standard InChI is InChI=1S/C6H8BrNO3/c1-6(5(10)11-2)3-4(9)8(6)7/h3H2,1-2H3.